The van der Waals surface area contributed by atoms with Crippen LogP contribution in [0, 0.1) is 0 Å². The number of benzene rings is 3. The lowest BCUT2D eigenvalue weighted by Gasteiger charge is -2.29. The van der Waals surface area contributed by atoms with Crippen LogP contribution in [0.4, 0.5) is 11.4 Å². The Morgan fingerprint density at radius 2 is 1.71 bits per heavy atom. The average molecular weight is 391 g/mol. The maximum absolute atomic E-state index is 12.6. The van der Waals surface area contributed by atoms with Gasteiger partial charge in [0.1, 0.15) is 0 Å². The molecule has 0 unspecified atom stereocenters. The van der Waals surface area contributed by atoms with Crippen molar-refractivity contribution in [2.45, 2.75) is 12.8 Å². The van der Waals surface area contributed by atoms with Crippen molar-refractivity contribution in [1.29, 1.82) is 0 Å². The highest BCUT2D eigenvalue weighted by Gasteiger charge is 2.22. The lowest BCUT2D eigenvalue weighted by molar-refractivity contribution is -0.116. The molecule has 0 saturated carbocycles. The number of amides is 2. The number of fused-ring (bicyclic) bond motifs is 2. The van der Waals surface area contributed by atoms with Crippen LogP contribution in [0.15, 0.2) is 66.7 Å². The van der Waals surface area contributed by atoms with Crippen LogP contribution < -0.4 is 10.2 Å². The van der Waals surface area contributed by atoms with Gasteiger partial charge >= 0.3 is 0 Å². The van der Waals surface area contributed by atoms with Crippen LogP contribution in [0.25, 0.3) is 10.8 Å². The van der Waals surface area contributed by atoms with Crippen molar-refractivity contribution in [2.75, 3.05) is 28.3 Å². The molecule has 0 bridgehead atoms. The Balaban J connectivity index is 1.30. The van der Waals surface area contributed by atoms with E-state index in [1.807, 2.05) is 65.6 Å². The maximum Gasteiger partial charge on any atom is 0.236 e. The smallest absolute Gasteiger partial charge is 0.236 e. The summed E-state index contributed by atoms with van der Waals surface area (Å²) in [6, 6.07) is 22.0. The minimum absolute atomic E-state index is 0.0654. The molecule has 1 aliphatic heterocycles. The summed E-state index contributed by atoms with van der Waals surface area (Å²) >= 11 is 1.36. The molecular formula is C23H22N2O2S. The van der Waals surface area contributed by atoms with E-state index in [1.54, 1.807) is 0 Å². The number of nitrogens with zero attached hydrogens (tertiary/aromatic N) is 1. The number of para-hydroxylation sites is 1. The molecule has 0 aromatic heterocycles. The Morgan fingerprint density at radius 1 is 0.929 bits per heavy atom. The summed E-state index contributed by atoms with van der Waals surface area (Å²) in [6.07, 6.45) is 2.00. The third-order valence-corrected chi connectivity index (χ3v) is 5.82. The average Bonchev–Trinajstić information content (AvgIpc) is 2.73. The molecule has 3 aromatic rings. The van der Waals surface area contributed by atoms with Crippen molar-refractivity contribution in [3.63, 3.8) is 0 Å². The van der Waals surface area contributed by atoms with E-state index in [0.717, 1.165) is 41.5 Å². The first-order valence-corrected chi connectivity index (χ1v) is 10.6. The summed E-state index contributed by atoms with van der Waals surface area (Å²) in [7, 11) is 0. The number of thioether (sulfide) groups is 1. The van der Waals surface area contributed by atoms with Gasteiger partial charge in [0.05, 0.1) is 11.5 Å². The van der Waals surface area contributed by atoms with E-state index in [9.17, 15) is 9.59 Å². The van der Waals surface area contributed by atoms with E-state index in [2.05, 4.69) is 11.4 Å². The van der Waals surface area contributed by atoms with Gasteiger partial charge in [-0.3, -0.25) is 9.59 Å². The van der Waals surface area contributed by atoms with Crippen LogP contribution in [-0.2, 0) is 16.0 Å². The van der Waals surface area contributed by atoms with Gasteiger partial charge in [-0.2, -0.15) is 0 Å². The molecule has 0 spiro atoms. The summed E-state index contributed by atoms with van der Waals surface area (Å²) in [6.45, 7) is 0.750. The second-order valence-electron chi connectivity index (χ2n) is 6.88. The molecule has 3 aromatic carbocycles. The molecule has 4 nitrogen and oxygen atoms in total. The molecule has 0 fully saturated rings. The predicted molar refractivity (Wildman–Crippen MR) is 117 cm³/mol. The maximum atomic E-state index is 12.6. The third-order valence-electron chi connectivity index (χ3n) is 4.90. The van der Waals surface area contributed by atoms with Crippen LogP contribution in [-0.4, -0.2) is 29.9 Å². The molecule has 4 rings (SSSR count). The van der Waals surface area contributed by atoms with Crippen molar-refractivity contribution >= 4 is 45.7 Å². The number of anilines is 2. The van der Waals surface area contributed by atoms with Gasteiger partial charge in [-0.25, -0.2) is 0 Å². The van der Waals surface area contributed by atoms with Crippen LogP contribution in [0.2, 0.25) is 0 Å². The number of aryl methyl sites for hydroxylation is 1. The SMILES string of the molecule is O=C(CSCC(=O)N1CCCc2ccccc21)Nc1ccc2ccccc2c1. The first-order valence-electron chi connectivity index (χ1n) is 9.45. The minimum atomic E-state index is -0.0906. The molecule has 5 heteroatoms. The quantitative estimate of drug-likeness (QED) is 0.698. The van der Waals surface area contributed by atoms with E-state index in [4.69, 9.17) is 0 Å². The summed E-state index contributed by atoms with van der Waals surface area (Å²) in [4.78, 5) is 26.7. The fourth-order valence-corrected chi connectivity index (χ4v) is 4.26. The highest BCUT2D eigenvalue weighted by Crippen LogP contribution is 2.27. The van der Waals surface area contributed by atoms with Gasteiger partial charge in [-0.1, -0.05) is 48.5 Å². The Hall–Kier alpha value is -2.79. The van der Waals surface area contributed by atoms with Gasteiger partial charge < -0.3 is 10.2 Å². The lowest BCUT2D eigenvalue weighted by Crippen LogP contribution is -2.36. The third kappa shape index (κ3) is 4.20. The normalized spacial score (nSPS) is 13.2. The molecule has 1 heterocycles. The van der Waals surface area contributed by atoms with Gasteiger partial charge in [-0.15, -0.1) is 11.8 Å². The monoisotopic (exact) mass is 390 g/mol. The summed E-state index contributed by atoms with van der Waals surface area (Å²) in [5.74, 6) is 0.538. The van der Waals surface area contributed by atoms with Gasteiger partial charge in [-0.05, 0) is 47.4 Å². The zero-order valence-electron chi connectivity index (χ0n) is 15.6. The standard InChI is InChI=1S/C23H22N2O2S/c26-22(24-20-12-11-17-6-1-2-8-19(17)14-20)15-28-16-23(27)25-13-5-9-18-7-3-4-10-21(18)25/h1-4,6-8,10-12,14H,5,9,13,15-16H2,(H,24,26). The topological polar surface area (TPSA) is 49.4 Å². The molecule has 142 valence electrons. The van der Waals surface area contributed by atoms with E-state index in [-0.39, 0.29) is 17.6 Å². The Morgan fingerprint density at radius 3 is 2.61 bits per heavy atom. The molecule has 0 saturated heterocycles. The highest BCUT2D eigenvalue weighted by molar-refractivity contribution is 8.00. The Bertz CT molecular complexity index is 1020. The largest absolute Gasteiger partial charge is 0.325 e. The van der Waals surface area contributed by atoms with E-state index < -0.39 is 0 Å². The molecule has 1 aliphatic rings. The van der Waals surface area contributed by atoms with Gasteiger partial charge in [0.25, 0.3) is 0 Å². The van der Waals surface area contributed by atoms with E-state index in [0.29, 0.717) is 5.75 Å². The molecule has 0 radical (unpaired) electrons. The number of hydrogen-bond donors (Lipinski definition) is 1. The summed E-state index contributed by atoms with van der Waals surface area (Å²) in [5, 5.41) is 5.15. The van der Waals surface area contributed by atoms with Crippen LogP contribution >= 0.6 is 11.8 Å². The number of rotatable bonds is 5. The van der Waals surface area contributed by atoms with Crippen molar-refractivity contribution in [2.24, 2.45) is 0 Å². The highest BCUT2D eigenvalue weighted by atomic mass is 32.2. The zero-order valence-corrected chi connectivity index (χ0v) is 16.4. The van der Waals surface area contributed by atoms with E-state index in [1.165, 1.54) is 17.3 Å². The number of carbonyl (C=O) groups excluding carboxylic acids is 2. The first kappa shape index (κ1) is 18.6. The van der Waals surface area contributed by atoms with Crippen LogP contribution in [0.3, 0.4) is 0 Å². The van der Waals surface area contributed by atoms with Crippen molar-refractivity contribution in [1.82, 2.24) is 0 Å². The Labute approximate surface area is 168 Å². The molecule has 0 aliphatic carbocycles. The van der Waals surface area contributed by atoms with E-state index >= 15 is 0 Å². The predicted octanol–water partition coefficient (Wildman–Crippen LogP) is 4.49. The second-order valence-corrected chi connectivity index (χ2v) is 7.87. The fourth-order valence-electron chi connectivity index (χ4n) is 3.57. The fraction of sp³-hybridized carbons (Fsp3) is 0.217. The zero-order chi connectivity index (χ0) is 19.3. The summed E-state index contributed by atoms with van der Waals surface area (Å²) < 4.78 is 0. The van der Waals surface area contributed by atoms with Crippen molar-refractivity contribution < 1.29 is 9.59 Å². The number of carbonyl (C=O) groups is 2. The number of hydrogen-bond acceptors (Lipinski definition) is 3. The van der Waals surface area contributed by atoms with Gasteiger partial charge in [0, 0.05) is 17.9 Å². The van der Waals surface area contributed by atoms with Crippen LogP contribution in [0.5, 0.6) is 0 Å². The van der Waals surface area contributed by atoms with Gasteiger partial charge in [0.2, 0.25) is 11.8 Å². The first-order chi connectivity index (χ1) is 13.7. The second kappa shape index (κ2) is 8.48. The summed E-state index contributed by atoms with van der Waals surface area (Å²) in [5.41, 5.74) is 3.02. The van der Waals surface area contributed by atoms with Crippen molar-refractivity contribution in [3.05, 3.63) is 72.3 Å². The van der Waals surface area contributed by atoms with Crippen LogP contribution in [0.1, 0.15) is 12.0 Å². The molecule has 0 atom stereocenters. The molecule has 1 N–H and O–H groups in total. The molecule has 2 amide bonds. The van der Waals surface area contributed by atoms with Crippen molar-refractivity contribution in [3.8, 4) is 0 Å². The molecule has 28 heavy (non-hydrogen) atoms. The minimum Gasteiger partial charge on any atom is -0.325 e. The van der Waals surface area contributed by atoms with Gasteiger partial charge in [0.15, 0.2) is 0 Å². The number of nitrogens with one attached hydrogen (secondary N) is 1. The Kier molecular flexibility index (Phi) is 5.63. The lowest BCUT2D eigenvalue weighted by atomic mass is 10.0. The molecular weight excluding hydrogens is 368 g/mol.